The third-order valence-corrected chi connectivity index (χ3v) is 3.93. The molecule has 1 aliphatic carbocycles. The van der Waals surface area contributed by atoms with E-state index in [1.54, 1.807) is 0 Å². The summed E-state index contributed by atoms with van der Waals surface area (Å²) in [6.07, 6.45) is 4.12. The largest absolute Gasteiger partial charge is 0.481 e. The number of carboxylic acid groups (broad SMARTS) is 1. The first kappa shape index (κ1) is 12.4. The highest BCUT2D eigenvalue weighted by atomic mass is 16.4. The van der Waals surface area contributed by atoms with Gasteiger partial charge in [-0.05, 0) is 32.6 Å². The molecule has 1 saturated heterocycles. The Morgan fingerprint density at radius 3 is 2.84 bits per heavy atom. The Kier molecular flexibility index (Phi) is 3.12. The Hall–Kier alpha value is -1.65. The fourth-order valence-corrected chi connectivity index (χ4v) is 2.71. The van der Waals surface area contributed by atoms with Gasteiger partial charge in [0.2, 0.25) is 0 Å². The lowest BCUT2D eigenvalue weighted by Crippen LogP contribution is -2.39. The van der Waals surface area contributed by atoms with Crippen molar-refractivity contribution in [2.75, 3.05) is 18.0 Å². The summed E-state index contributed by atoms with van der Waals surface area (Å²) in [5.41, 5.74) is 1.12. The number of nitrogens with zero attached hydrogens (tertiary/aromatic N) is 3. The van der Waals surface area contributed by atoms with Gasteiger partial charge >= 0.3 is 5.97 Å². The molecule has 19 heavy (non-hydrogen) atoms. The van der Waals surface area contributed by atoms with E-state index in [-0.39, 0.29) is 5.92 Å². The Labute approximate surface area is 112 Å². The Morgan fingerprint density at radius 1 is 1.37 bits per heavy atom. The van der Waals surface area contributed by atoms with Crippen molar-refractivity contribution in [2.45, 2.75) is 38.5 Å². The molecule has 0 amide bonds. The van der Waals surface area contributed by atoms with E-state index in [2.05, 4.69) is 20.9 Å². The van der Waals surface area contributed by atoms with Crippen molar-refractivity contribution in [3.05, 3.63) is 17.6 Å². The third-order valence-electron chi connectivity index (χ3n) is 3.93. The minimum atomic E-state index is -0.696. The van der Waals surface area contributed by atoms with E-state index in [0.29, 0.717) is 12.5 Å². The lowest BCUT2D eigenvalue weighted by atomic mass is 9.98. The second-order valence-corrected chi connectivity index (χ2v) is 5.60. The first-order valence-electron chi connectivity index (χ1n) is 6.97. The first-order valence-corrected chi connectivity index (χ1v) is 6.97. The number of rotatable bonds is 3. The SMILES string of the molecule is Cc1nc(C2CC2)cc(N2CCC[C@H](C(=O)O)C2)n1. The van der Waals surface area contributed by atoms with Gasteiger partial charge in [0.05, 0.1) is 5.92 Å². The maximum absolute atomic E-state index is 11.1. The van der Waals surface area contributed by atoms with Crippen molar-refractivity contribution < 1.29 is 9.90 Å². The standard InChI is InChI=1S/C14H19N3O2/c1-9-15-12(10-4-5-10)7-13(16-9)17-6-2-3-11(8-17)14(18)19/h7,10-11H,2-6,8H2,1H3,(H,18,19)/t11-/m0/s1. The molecule has 0 radical (unpaired) electrons. The van der Waals surface area contributed by atoms with Crippen LogP contribution in [0.1, 0.15) is 43.1 Å². The third kappa shape index (κ3) is 2.69. The van der Waals surface area contributed by atoms with E-state index >= 15 is 0 Å². The normalized spacial score (nSPS) is 23.4. The predicted octanol–water partition coefficient (Wildman–Crippen LogP) is 1.96. The molecular formula is C14H19N3O2. The molecule has 5 heteroatoms. The average Bonchev–Trinajstić information content (AvgIpc) is 3.22. The maximum atomic E-state index is 11.1. The number of anilines is 1. The number of hydrogen-bond acceptors (Lipinski definition) is 4. The molecule has 0 aromatic carbocycles. The number of carbonyl (C=O) groups is 1. The molecule has 1 atom stereocenters. The van der Waals surface area contributed by atoms with Gasteiger partial charge in [-0.3, -0.25) is 4.79 Å². The number of carboxylic acids is 1. The zero-order chi connectivity index (χ0) is 13.4. The smallest absolute Gasteiger partial charge is 0.308 e. The molecule has 1 aromatic heterocycles. The van der Waals surface area contributed by atoms with Crippen LogP contribution >= 0.6 is 0 Å². The molecule has 2 heterocycles. The summed E-state index contributed by atoms with van der Waals surface area (Å²) in [4.78, 5) is 22.2. The van der Waals surface area contributed by atoms with Gasteiger partial charge in [-0.1, -0.05) is 0 Å². The van der Waals surface area contributed by atoms with Crippen LogP contribution in [0.2, 0.25) is 0 Å². The van der Waals surface area contributed by atoms with Gasteiger partial charge in [0.25, 0.3) is 0 Å². The van der Waals surface area contributed by atoms with Crippen LogP contribution in [-0.4, -0.2) is 34.1 Å². The number of hydrogen-bond donors (Lipinski definition) is 1. The van der Waals surface area contributed by atoms with Crippen molar-refractivity contribution in [3.63, 3.8) is 0 Å². The van der Waals surface area contributed by atoms with Gasteiger partial charge < -0.3 is 10.0 Å². The van der Waals surface area contributed by atoms with Gasteiger partial charge in [-0.25, -0.2) is 9.97 Å². The molecule has 102 valence electrons. The summed E-state index contributed by atoms with van der Waals surface area (Å²) in [6.45, 7) is 3.37. The highest BCUT2D eigenvalue weighted by molar-refractivity contribution is 5.71. The molecule has 0 bridgehead atoms. The lowest BCUT2D eigenvalue weighted by Gasteiger charge is -2.31. The summed E-state index contributed by atoms with van der Waals surface area (Å²) in [5, 5.41) is 9.15. The van der Waals surface area contributed by atoms with Crippen LogP contribution in [0.5, 0.6) is 0 Å². The van der Waals surface area contributed by atoms with Crippen molar-refractivity contribution in [1.82, 2.24) is 9.97 Å². The average molecular weight is 261 g/mol. The van der Waals surface area contributed by atoms with Gasteiger partial charge in [-0.15, -0.1) is 0 Å². The summed E-state index contributed by atoms with van der Waals surface area (Å²) in [7, 11) is 0. The predicted molar refractivity (Wildman–Crippen MR) is 71.3 cm³/mol. The van der Waals surface area contributed by atoms with E-state index in [1.165, 1.54) is 12.8 Å². The number of piperidine rings is 1. The minimum absolute atomic E-state index is 0.270. The summed E-state index contributed by atoms with van der Waals surface area (Å²) in [6, 6.07) is 2.05. The van der Waals surface area contributed by atoms with Crippen LogP contribution in [0.4, 0.5) is 5.82 Å². The van der Waals surface area contributed by atoms with Gasteiger partial charge in [0.1, 0.15) is 11.6 Å². The summed E-state index contributed by atoms with van der Waals surface area (Å²) in [5.74, 6) is 1.32. The van der Waals surface area contributed by atoms with Gasteiger partial charge in [0, 0.05) is 30.8 Å². The van der Waals surface area contributed by atoms with Gasteiger partial charge in [-0.2, -0.15) is 0 Å². The monoisotopic (exact) mass is 261 g/mol. The summed E-state index contributed by atoms with van der Waals surface area (Å²) >= 11 is 0. The Morgan fingerprint density at radius 2 is 2.16 bits per heavy atom. The second-order valence-electron chi connectivity index (χ2n) is 5.60. The molecular weight excluding hydrogens is 242 g/mol. The van der Waals surface area contributed by atoms with Crippen LogP contribution < -0.4 is 4.90 Å². The Balaban J connectivity index is 1.82. The molecule has 1 saturated carbocycles. The minimum Gasteiger partial charge on any atom is -0.481 e. The molecule has 3 rings (SSSR count). The highest BCUT2D eigenvalue weighted by Crippen LogP contribution is 2.40. The quantitative estimate of drug-likeness (QED) is 0.901. The molecule has 0 spiro atoms. The first-order chi connectivity index (χ1) is 9.13. The van der Waals surface area contributed by atoms with Crippen molar-refractivity contribution in [3.8, 4) is 0 Å². The van der Waals surface area contributed by atoms with Crippen LogP contribution in [0, 0.1) is 12.8 Å². The van der Waals surface area contributed by atoms with E-state index in [9.17, 15) is 4.79 Å². The molecule has 1 N–H and O–H groups in total. The van der Waals surface area contributed by atoms with E-state index in [0.717, 1.165) is 36.7 Å². The van der Waals surface area contributed by atoms with Crippen molar-refractivity contribution >= 4 is 11.8 Å². The molecule has 2 aliphatic rings. The summed E-state index contributed by atoms with van der Waals surface area (Å²) < 4.78 is 0. The molecule has 2 fully saturated rings. The maximum Gasteiger partial charge on any atom is 0.308 e. The molecule has 0 unspecified atom stereocenters. The highest BCUT2D eigenvalue weighted by Gasteiger charge is 2.29. The fourth-order valence-electron chi connectivity index (χ4n) is 2.71. The fraction of sp³-hybridized carbons (Fsp3) is 0.643. The second kappa shape index (κ2) is 4.79. The van der Waals surface area contributed by atoms with Gasteiger partial charge in [0.15, 0.2) is 0 Å². The van der Waals surface area contributed by atoms with Crippen LogP contribution in [-0.2, 0) is 4.79 Å². The van der Waals surface area contributed by atoms with Crippen molar-refractivity contribution in [2.24, 2.45) is 5.92 Å². The topological polar surface area (TPSA) is 66.3 Å². The molecule has 1 aliphatic heterocycles. The number of aliphatic carboxylic acids is 1. The van der Waals surface area contributed by atoms with E-state index < -0.39 is 5.97 Å². The van der Waals surface area contributed by atoms with Crippen LogP contribution in [0.3, 0.4) is 0 Å². The van der Waals surface area contributed by atoms with E-state index in [1.807, 2.05) is 6.92 Å². The molecule has 1 aromatic rings. The zero-order valence-corrected chi connectivity index (χ0v) is 11.2. The number of aromatic nitrogens is 2. The zero-order valence-electron chi connectivity index (χ0n) is 11.2. The van der Waals surface area contributed by atoms with E-state index in [4.69, 9.17) is 5.11 Å². The lowest BCUT2D eigenvalue weighted by molar-refractivity contribution is -0.141. The number of aryl methyl sites for hydroxylation is 1. The molecule has 5 nitrogen and oxygen atoms in total. The van der Waals surface area contributed by atoms with Crippen molar-refractivity contribution in [1.29, 1.82) is 0 Å². The Bertz CT molecular complexity index is 499. The van der Waals surface area contributed by atoms with Crippen LogP contribution in [0.15, 0.2) is 6.07 Å². The van der Waals surface area contributed by atoms with Crippen LogP contribution in [0.25, 0.3) is 0 Å².